The molecule has 2 aliphatic rings. The fourth-order valence-electron chi connectivity index (χ4n) is 6.14. The number of aliphatic hydroxyl groups is 1. The number of ether oxygens (including phenoxy) is 4. The summed E-state index contributed by atoms with van der Waals surface area (Å²) in [5.41, 5.74) is 3.52. The van der Waals surface area contributed by atoms with Gasteiger partial charge in [0.2, 0.25) is 0 Å². The molecule has 5 aromatic rings. The average molecular weight is 663 g/mol. The monoisotopic (exact) mass is 662 g/mol. The summed E-state index contributed by atoms with van der Waals surface area (Å²) >= 11 is 1.27. The van der Waals surface area contributed by atoms with Crippen LogP contribution >= 0.6 is 11.3 Å². The summed E-state index contributed by atoms with van der Waals surface area (Å²) in [5, 5.41) is 12.1. The largest absolute Gasteiger partial charge is 0.507 e. The van der Waals surface area contributed by atoms with Gasteiger partial charge < -0.3 is 24.1 Å². The molecule has 1 N–H and O–H groups in total. The number of nitrogens with zero attached hydrogens (tertiary/aromatic N) is 2. The third-order valence-electron chi connectivity index (χ3n) is 8.30. The van der Waals surface area contributed by atoms with Crippen LogP contribution in [0.4, 0.5) is 5.13 Å². The standard InChI is InChI=1S/C38H34N2O7S/c1-4-44-27-13-14-28-32(20-27)48-38(39-28)40-34(24-11-16-30(31(19-24)45-5-2)46-21-23-9-7-6-8-10-23)33(36(42)37(40)43)35(41)25-12-15-29-26(18-25)17-22(3)47-29/h6-16,18-20,22,34,41H,4-5,17,21H2,1-3H3/b35-33+/t22-,34+/m0/s1. The van der Waals surface area contributed by atoms with Crippen molar-refractivity contribution < 1.29 is 33.6 Å². The minimum atomic E-state index is -0.997. The van der Waals surface area contributed by atoms with E-state index in [1.807, 2.05) is 75.4 Å². The van der Waals surface area contributed by atoms with E-state index in [1.165, 1.54) is 16.2 Å². The van der Waals surface area contributed by atoms with Crippen LogP contribution in [0.3, 0.4) is 0 Å². The molecule has 0 unspecified atom stereocenters. The lowest BCUT2D eigenvalue weighted by Gasteiger charge is -2.24. The summed E-state index contributed by atoms with van der Waals surface area (Å²) in [6.07, 6.45) is 0.677. The van der Waals surface area contributed by atoms with Gasteiger partial charge in [-0.05, 0) is 86.0 Å². The number of aromatic nitrogens is 1. The molecule has 9 nitrogen and oxygen atoms in total. The molecule has 48 heavy (non-hydrogen) atoms. The molecule has 10 heteroatoms. The minimum Gasteiger partial charge on any atom is -0.507 e. The number of benzene rings is 4. The molecule has 0 spiro atoms. The molecule has 3 heterocycles. The predicted molar refractivity (Wildman–Crippen MR) is 184 cm³/mol. The fraction of sp³-hybridized carbons (Fsp3) is 0.237. The molecule has 1 amide bonds. The summed E-state index contributed by atoms with van der Waals surface area (Å²) in [7, 11) is 0. The van der Waals surface area contributed by atoms with Crippen LogP contribution in [-0.4, -0.2) is 41.1 Å². The number of hydrogen-bond acceptors (Lipinski definition) is 9. The lowest BCUT2D eigenvalue weighted by molar-refractivity contribution is -0.132. The van der Waals surface area contributed by atoms with E-state index < -0.39 is 17.7 Å². The topological polar surface area (TPSA) is 107 Å². The van der Waals surface area contributed by atoms with Crippen molar-refractivity contribution in [3.63, 3.8) is 0 Å². The molecular formula is C38H34N2O7S. The van der Waals surface area contributed by atoms with Gasteiger partial charge in [-0.15, -0.1) is 0 Å². The number of aliphatic hydroxyl groups excluding tert-OH is 1. The number of hydrogen-bond donors (Lipinski definition) is 1. The van der Waals surface area contributed by atoms with Gasteiger partial charge in [-0.1, -0.05) is 47.7 Å². The molecule has 1 fully saturated rings. The lowest BCUT2D eigenvalue weighted by Crippen LogP contribution is -2.29. The predicted octanol–water partition coefficient (Wildman–Crippen LogP) is 7.62. The van der Waals surface area contributed by atoms with Crippen LogP contribution in [-0.2, 0) is 22.6 Å². The van der Waals surface area contributed by atoms with Gasteiger partial charge in [0, 0.05) is 12.0 Å². The Bertz CT molecular complexity index is 2060. The number of Topliss-reactive ketones (excluding diaryl/α,β-unsaturated/α-hetero) is 1. The molecule has 1 saturated heterocycles. The van der Waals surface area contributed by atoms with Gasteiger partial charge >= 0.3 is 5.91 Å². The normalized spacial score (nSPS) is 18.2. The second kappa shape index (κ2) is 13.0. The highest BCUT2D eigenvalue weighted by atomic mass is 32.1. The number of fused-ring (bicyclic) bond motifs is 2. The van der Waals surface area contributed by atoms with E-state index in [0.29, 0.717) is 65.3 Å². The molecule has 1 aromatic heterocycles. The number of thiazole rings is 1. The van der Waals surface area contributed by atoms with Crippen molar-refractivity contribution in [1.29, 1.82) is 0 Å². The molecular weight excluding hydrogens is 628 g/mol. The Kier molecular flexibility index (Phi) is 8.49. The van der Waals surface area contributed by atoms with E-state index in [4.69, 9.17) is 23.9 Å². The minimum absolute atomic E-state index is 0.00450. The van der Waals surface area contributed by atoms with Gasteiger partial charge in [-0.2, -0.15) is 0 Å². The Balaban J connectivity index is 1.35. The first-order valence-electron chi connectivity index (χ1n) is 15.9. The summed E-state index contributed by atoms with van der Waals surface area (Å²) in [4.78, 5) is 34.0. The Labute approximate surface area is 282 Å². The highest BCUT2D eigenvalue weighted by Gasteiger charge is 2.48. The van der Waals surface area contributed by atoms with E-state index in [2.05, 4.69) is 0 Å². The molecule has 0 aliphatic carbocycles. The number of rotatable bonds is 10. The van der Waals surface area contributed by atoms with Gasteiger partial charge in [-0.3, -0.25) is 14.5 Å². The number of carbonyl (C=O) groups excluding carboxylic acids is 2. The summed E-state index contributed by atoms with van der Waals surface area (Å²) in [5.74, 6) is 0.518. The third kappa shape index (κ3) is 5.84. The van der Waals surface area contributed by atoms with Crippen LogP contribution in [0, 0.1) is 0 Å². The third-order valence-corrected chi connectivity index (χ3v) is 9.32. The summed E-state index contributed by atoms with van der Waals surface area (Å²) < 4.78 is 24.5. The second-order valence-electron chi connectivity index (χ2n) is 11.6. The maximum Gasteiger partial charge on any atom is 0.301 e. The fourth-order valence-corrected chi connectivity index (χ4v) is 7.16. The lowest BCUT2D eigenvalue weighted by atomic mass is 9.94. The summed E-state index contributed by atoms with van der Waals surface area (Å²) in [6.45, 7) is 6.95. The van der Waals surface area contributed by atoms with Crippen molar-refractivity contribution in [3.8, 4) is 23.0 Å². The van der Waals surface area contributed by atoms with Crippen molar-refractivity contribution >= 4 is 44.1 Å². The second-order valence-corrected chi connectivity index (χ2v) is 12.6. The van der Waals surface area contributed by atoms with Crippen molar-refractivity contribution in [3.05, 3.63) is 113 Å². The molecule has 244 valence electrons. The van der Waals surface area contributed by atoms with Crippen LogP contribution in [0.1, 0.15) is 49.1 Å². The van der Waals surface area contributed by atoms with Crippen LogP contribution in [0.5, 0.6) is 23.0 Å². The van der Waals surface area contributed by atoms with Gasteiger partial charge in [0.15, 0.2) is 16.6 Å². The number of anilines is 1. The summed E-state index contributed by atoms with van der Waals surface area (Å²) in [6, 6.07) is 24.9. The molecule has 0 radical (unpaired) electrons. The van der Waals surface area contributed by atoms with Gasteiger partial charge in [0.25, 0.3) is 5.78 Å². The first-order valence-corrected chi connectivity index (χ1v) is 16.7. The number of ketones is 1. The maximum absolute atomic E-state index is 13.9. The van der Waals surface area contributed by atoms with E-state index in [9.17, 15) is 14.7 Å². The van der Waals surface area contributed by atoms with Crippen LogP contribution < -0.4 is 23.8 Å². The quantitative estimate of drug-likeness (QED) is 0.0925. The first kappa shape index (κ1) is 31.3. The van der Waals surface area contributed by atoms with E-state index in [0.717, 1.165) is 21.6 Å². The highest BCUT2D eigenvalue weighted by molar-refractivity contribution is 7.22. The van der Waals surface area contributed by atoms with Crippen LogP contribution in [0.25, 0.3) is 16.0 Å². The molecule has 7 rings (SSSR count). The zero-order valence-corrected chi connectivity index (χ0v) is 27.6. The van der Waals surface area contributed by atoms with Gasteiger partial charge in [0.1, 0.15) is 30.0 Å². The Hall–Kier alpha value is -5.35. The van der Waals surface area contributed by atoms with Crippen LogP contribution in [0.15, 0.2) is 90.5 Å². The van der Waals surface area contributed by atoms with E-state index >= 15 is 0 Å². The van der Waals surface area contributed by atoms with Crippen molar-refractivity contribution in [2.24, 2.45) is 0 Å². The maximum atomic E-state index is 13.9. The molecule has 4 aromatic carbocycles. The Morgan fingerprint density at radius 2 is 1.75 bits per heavy atom. The zero-order chi connectivity index (χ0) is 33.4. The number of amides is 1. The van der Waals surface area contributed by atoms with Gasteiger partial charge in [0.05, 0.1) is 35.0 Å². The molecule has 2 atom stereocenters. The first-order chi connectivity index (χ1) is 23.3. The Morgan fingerprint density at radius 1 is 0.938 bits per heavy atom. The van der Waals surface area contributed by atoms with Gasteiger partial charge in [-0.25, -0.2) is 4.98 Å². The van der Waals surface area contributed by atoms with Crippen molar-refractivity contribution in [1.82, 2.24) is 4.98 Å². The number of carbonyl (C=O) groups is 2. The zero-order valence-electron chi connectivity index (χ0n) is 26.8. The van der Waals surface area contributed by atoms with Crippen LogP contribution in [0.2, 0.25) is 0 Å². The highest BCUT2D eigenvalue weighted by Crippen LogP contribution is 2.46. The molecule has 2 aliphatic heterocycles. The SMILES string of the molecule is CCOc1ccc2nc(N3C(=O)C(=O)/C(=C(/O)c4ccc5c(c4)C[C@H](C)O5)[C@H]3c3ccc(OCc4ccccc4)c(OCC)c3)sc2c1. The smallest absolute Gasteiger partial charge is 0.301 e. The van der Waals surface area contributed by atoms with Crippen molar-refractivity contribution in [2.45, 2.75) is 45.9 Å². The molecule has 0 bridgehead atoms. The van der Waals surface area contributed by atoms with Crippen molar-refractivity contribution in [2.75, 3.05) is 18.1 Å². The molecule has 0 saturated carbocycles. The average Bonchev–Trinajstić information content (AvgIpc) is 3.76. The van der Waals surface area contributed by atoms with E-state index in [-0.39, 0.29) is 17.4 Å². The van der Waals surface area contributed by atoms with E-state index in [1.54, 1.807) is 30.3 Å². The Morgan fingerprint density at radius 3 is 2.54 bits per heavy atom.